The molecule has 1 aromatic heterocycles. The van der Waals surface area contributed by atoms with Gasteiger partial charge in [0.05, 0.1) is 0 Å². The van der Waals surface area contributed by atoms with Crippen LogP contribution < -0.4 is 0 Å². The molecule has 0 bridgehead atoms. The third kappa shape index (κ3) is 2.53. The smallest absolute Gasteiger partial charge is 0.195 e. The summed E-state index contributed by atoms with van der Waals surface area (Å²) in [4.78, 5) is 13.6. The van der Waals surface area contributed by atoms with E-state index >= 15 is 0 Å². The van der Waals surface area contributed by atoms with E-state index in [4.69, 9.17) is 23.2 Å². The van der Waals surface area contributed by atoms with Crippen LogP contribution in [0.2, 0.25) is 10.0 Å². The van der Waals surface area contributed by atoms with Crippen molar-refractivity contribution in [2.24, 2.45) is 0 Å². The van der Waals surface area contributed by atoms with Crippen molar-refractivity contribution in [3.63, 3.8) is 0 Å². The molecule has 1 nitrogen and oxygen atoms in total. The minimum Gasteiger partial charge on any atom is -0.289 e. The molecule has 0 unspecified atom stereocenters. The van der Waals surface area contributed by atoms with Crippen LogP contribution in [0.5, 0.6) is 0 Å². The van der Waals surface area contributed by atoms with Gasteiger partial charge in [0.25, 0.3) is 0 Å². The minimum absolute atomic E-state index is 0.0816. The number of benzene rings is 2. The highest BCUT2D eigenvalue weighted by molar-refractivity contribution is 7.11. The number of hydrogen-bond donors (Lipinski definition) is 0. The number of thiophene rings is 1. The summed E-state index contributed by atoms with van der Waals surface area (Å²) in [7, 11) is 0. The van der Waals surface area contributed by atoms with Crippen molar-refractivity contribution in [1.82, 2.24) is 0 Å². The summed E-state index contributed by atoms with van der Waals surface area (Å²) in [6.45, 7) is 0. The number of halogens is 2. The molecule has 0 atom stereocenters. The zero-order valence-electron chi connectivity index (χ0n) is 11.8. The second-order valence-electron chi connectivity index (χ2n) is 5.30. The van der Waals surface area contributed by atoms with Gasteiger partial charge in [-0.05, 0) is 46.8 Å². The van der Waals surface area contributed by atoms with Crippen molar-refractivity contribution >= 4 is 52.0 Å². The van der Waals surface area contributed by atoms with Crippen LogP contribution in [0.3, 0.4) is 0 Å². The first-order valence-corrected chi connectivity index (χ1v) is 8.67. The molecular formula is C19H10Cl2OS. The maximum atomic E-state index is 12.6. The number of rotatable bonds is 1. The summed E-state index contributed by atoms with van der Waals surface area (Å²) in [5.41, 5.74) is 4.39. The van der Waals surface area contributed by atoms with Gasteiger partial charge in [0.15, 0.2) is 5.78 Å². The molecule has 4 heteroatoms. The number of carbonyl (C=O) groups excluding carboxylic acids is 1. The minimum atomic E-state index is 0.0816. The summed E-state index contributed by atoms with van der Waals surface area (Å²) >= 11 is 13.8. The first kappa shape index (κ1) is 14.7. The van der Waals surface area contributed by atoms with E-state index in [0.29, 0.717) is 10.0 Å². The lowest BCUT2D eigenvalue weighted by atomic mass is 9.85. The second kappa shape index (κ2) is 5.64. The largest absolute Gasteiger partial charge is 0.289 e. The predicted molar refractivity (Wildman–Crippen MR) is 97.6 cm³/mol. The summed E-state index contributed by atoms with van der Waals surface area (Å²) < 4.78 is 0. The monoisotopic (exact) mass is 356 g/mol. The van der Waals surface area contributed by atoms with Crippen LogP contribution in [-0.4, -0.2) is 5.78 Å². The Hall–Kier alpha value is -1.87. The number of fused-ring (bicyclic) bond motifs is 2. The van der Waals surface area contributed by atoms with E-state index in [1.807, 2.05) is 53.9 Å². The Kier molecular flexibility index (Phi) is 3.61. The highest BCUT2D eigenvalue weighted by atomic mass is 35.5. The SMILES string of the molecule is O=C1c2ccccc2/C(=C/c2cc(Cl)cc(Cl)c2)c2sccc21. The fraction of sp³-hybridized carbons (Fsp3) is 0. The molecule has 1 aliphatic rings. The molecule has 4 rings (SSSR count). The Morgan fingerprint density at radius 2 is 1.57 bits per heavy atom. The molecule has 0 fully saturated rings. The molecule has 23 heavy (non-hydrogen) atoms. The van der Waals surface area contributed by atoms with Crippen LogP contribution >= 0.6 is 34.5 Å². The molecule has 0 saturated carbocycles. The second-order valence-corrected chi connectivity index (χ2v) is 7.09. The van der Waals surface area contributed by atoms with E-state index in [0.717, 1.165) is 32.7 Å². The average Bonchev–Trinajstić information content (AvgIpc) is 3.00. The molecule has 1 aliphatic carbocycles. The van der Waals surface area contributed by atoms with Gasteiger partial charge in [-0.25, -0.2) is 0 Å². The van der Waals surface area contributed by atoms with Crippen molar-refractivity contribution in [3.8, 4) is 0 Å². The maximum Gasteiger partial charge on any atom is 0.195 e. The van der Waals surface area contributed by atoms with Gasteiger partial charge in [-0.2, -0.15) is 0 Å². The molecular weight excluding hydrogens is 347 g/mol. The van der Waals surface area contributed by atoms with Crippen LogP contribution in [0.25, 0.3) is 11.6 Å². The fourth-order valence-corrected chi connectivity index (χ4v) is 4.32. The highest BCUT2D eigenvalue weighted by Crippen LogP contribution is 2.40. The van der Waals surface area contributed by atoms with E-state index in [-0.39, 0.29) is 5.78 Å². The molecule has 0 aliphatic heterocycles. The van der Waals surface area contributed by atoms with Crippen LogP contribution in [-0.2, 0) is 0 Å². The molecule has 2 aromatic carbocycles. The Morgan fingerprint density at radius 3 is 2.30 bits per heavy atom. The lowest BCUT2D eigenvalue weighted by Gasteiger charge is -2.18. The molecule has 0 amide bonds. The lowest BCUT2D eigenvalue weighted by molar-refractivity contribution is 0.103. The summed E-state index contributed by atoms with van der Waals surface area (Å²) in [5, 5.41) is 3.14. The van der Waals surface area contributed by atoms with Crippen LogP contribution in [0.4, 0.5) is 0 Å². The zero-order valence-corrected chi connectivity index (χ0v) is 14.2. The van der Waals surface area contributed by atoms with Crippen molar-refractivity contribution in [2.45, 2.75) is 0 Å². The molecule has 112 valence electrons. The van der Waals surface area contributed by atoms with Crippen molar-refractivity contribution < 1.29 is 4.79 Å². The normalized spacial score (nSPS) is 14.7. The third-order valence-electron chi connectivity index (χ3n) is 3.81. The average molecular weight is 357 g/mol. The number of carbonyl (C=O) groups is 1. The van der Waals surface area contributed by atoms with Crippen LogP contribution in [0.1, 0.15) is 31.9 Å². The van der Waals surface area contributed by atoms with Gasteiger partial charge in [-0.15, -0.1) is 11.3 Å². The third-order valence-corrected chi connectivity index (χ3v) is 5.20. The summed E-state index contributed by atoms with van der Waals surface area (Å²) in [5.74, 6) is 0.0816. The van der Waals surface area contributed by atoms with Gasteiger partial charge in [0, 0.05) is 31.6 Å². The van der Waals surface area contributed by atoms with E-state index in [2.05, 4.69) is 0 Å². The molecule has 3 aromatic rings. The molecule has 0 saturated heterocycles. The van der Waals surface area contributed by atoms with Gasteiger partial charge in [-0.1, -0.05) is 47.5 Å². The topological polar surface area (TPSA) is 17.1 Å². The Bertz CT molecular complexity index is 949. The van der Waals surface area contributed by atoms with Gasteiger partial charge >= 0.3 is 0 Å². The number of ketones is 1. The van der Waals surface area contributed by atoms with Crippen molar-refractivity contribution in [3.05, 3.63) is 91.1 Å². The maximum absolute atomic E-state index is 12.6. The predicted octanol–water partition coefficient (Wildman–Crippen LogP) is 6.19. The first-order valence-electron chi connectivity index (χ1n) is 7.03. The van der Waals surface area contributed by atoms with Gasteiger partial charge < -0.3 is 0 Å². The van der Waals surface area contributed by atoms with Gasteiger partial charge in [0.2, 0.25) is 0 Å². The Labute approximate surface area is 147 Å². The van der Waals surface area contributed by atoms with Crippen molar-refractivity contribution in [1.29, 1.82) is 0 Å². The van der Waals surface area contributed by atoms with E-state index < -0.39 is 0 Å². The first-order chi connectivity index (χ1) is 11.1. The summed E-state index contributed by atoms with van der Waals surface area (Å²) in [6, 6.07) is 15.0. The van der Waals surface area contributed by atoms with Gasteiger partial charge in [0.1, 0.15) is 0 Å². The van der Waals surface area contributed by atoms with Crippen LogP contribution in [0, 0.1) is 0 Å². The number of hydrogen-bond acceptors (Lipinski definition) is 2. The fourth-order valence-electron chi connectivity index (χ4n) is 2.85. The summed E-state index contributed by atoms with van der Waals surface area (Å²) in [6.07, 6.45) is 2.04. The highest BCUT2D eigenvalue weighted by Gasteiger charge is 2.27. The molecule has 0 N–H and O–H groups in total. The van der Waals surface area contributed by atoms with E-state index in [9.17, 15) is 4.79 Å². The Balaban J connectivity index is 1.98. The van der Waals surface area contributed by atoms with Crippen LogP contribution in [0.15, 0.2) is 53.9 Å². The van der Waals surface area contributed by atoms with Crippen molar-refractivity contribution in [2.75, 3.05) is 0 Å². The van der Waals surface area contributed by atoms with E-state index in [1.165, 1.54) is 0 Å². The van der Waals surface area contributed by atoms with Gasteiger partial charge in [-0.3, -0.25) is 4.79 Å². The molecule has 0 radical (unpaired) electrons. The lowest BCUT2D eigenvalue weighted by Crippen LogP contribution is -2.11. The standard InChI is InChI=1S/C19H10Cl2OS/c20-12-7-11(8-13(21)10-12)9-17-14-3-1-2-4-15(14)18(22)16-5-6-23-19(16)17/h1-10H/b17-9-. The quantitative estimate of drug-likeness (QED) is 0.397. The molecule has 1 heterocycles. The Morgan fingerprint density at radius 1 is 0.870 bits per heavy atom. The zero-order chi connectivity index (χ0) is 16.0. The molecule has 0 spiro atoms. The van der Waals surface area contributed by atoms with E-state index in [1.54, 1.807) is 17.4 Å².